The molecule has 0 saturated carbocycles. The zero-order chi connectivity index (χ0) is 73.9. The highest BCUT2D eigenvalue weighted by molar-refractivity contribution is 6.00. The van der Waals surface area contributed by atoms with E-state index < -0.39 is 5.41 Å². The molecule has 0 aliphatic heterocycles. The van der Waals surface area contributed by atoms with Crippen LogP contribution in [0.1, 0.15) is 176 Å². The molecule has 0 amide bonds. The minimum atomic E-state index is -0.440. The van der Waals surface area contributed by atoms with E-state index in [1.54, 1.807) is 0 Å². The van der Waals surface area contributed by atoms with Gasteiger partial charge >= 0.3 is 0 Å². The van der Waals surface area contributed by atoms with Crippen LogP contribution < -0.4 is 0 Å². The van der Waals surface area contributed by atoms with Gasteiger partial charge in [-0.1, -0.05) is 328 Å². The van der Waals surface area contributed by atoms with Gasteiger partial charge in [0.2, 0.25) is 0 Å². The number of rotatable bonds is 10. The lowest BCUT2D eigenvalue weighted by molar-refractivity contribution is 0.600. The third-order valence-electron chi connectivity index (χ3n) is 26.4. The first-order valence-corrected chi connectivity index (χ1v) is 39.8. The maximum atomic E-state index is 5.68. The molecular formula is C105H85N5. The third-order valence-corrected chi connectivity index (χ3v) is 26.4. The largest absolute Gasteiger partial charge is 0.232 e. The van der Waals surface area contributed by atoms with E-state index in [2.05, 4.69) is 352 Å². The molecule has 2 aromatic heterocycles. The molecule has 10 aromatic carbocycles. The minimum absolute atomic E-state index is 0.00259. The third kappa shape index (κ3) is 10.4. The Bertz CT molecular complexity index is 6210. The van der Waals surface area contributed by atoms with Crippen LogP contribution >= 0.6 is 0 Å². The Hall–Kier alpha value is -12.1. The van der Waals surface area contributed by atoms with Crippen molar-refractivity contribution in [3.63, 3.8) is 0 Å². The average Bonchev–Trinajstić information content (AvgIpc) is 1.50. The Kier molecular flexibility index (Phi) is 15.2. The molecule has 0 saturated heterocycles. The molecule has 110 heavy (non-hydrogen) atoms. The van der Waals surface area contributed by atoms with Crippen LogP contribution in [0.2, 0.25) is 0 Å². The van der Waals surface area contributed by atoms with Crippen molar-refractivity contribution >= 4 is 22.8 Å². The van der Waals surface area contributed by atoms with Gasteiger partial charge in [-0.15, -0.1) is 0 Å². The summed E-state index contributed by atoms with van der Waals surface area (Å²) in [6, 6.07) is 84.9. The second-order valence-electron chi connectivity index (χ2n) is 33.4. The maximum absolute atomic E-state index is 5.68. The van der Waals surface area contributed by atoms with Gasteiger partial charge in [0.1, 0.15) is 11.6 Å². The fourth-order valence-corrected chi connectivity index (χ4v) is 20.4. The van der Waals surface area contributed by atoms with E-state index in [1.165, 1.54) is 134 Å². The molecule has 5 heteroatoms. The highest BCUT2D eigenvalue weighted by Gasteiger charge is 2.55. The van der Waals surface area contributed by atoms with E-state index >= 15 is 0 Å². The first-order chi connectivity index (χ1) is 53.7. The zero-order valence-corrected chi connectivity index (χ0v) is 63.4. The number of hydrogen-bond acceptors (Lipinski definition) is 5. The summed E-state index contributed by atoms with van der Waals surface area (Å²) in [7, 11) is 0. The molecule has 530 valence electrons. The van der Waals surface area contributed by atoms with Gasteiger partial charge in [-0.05, 0) is 207 Å². The van der Waals surface area contributed by atoms with Crippen LogP contribution in [0.15, 0.2) is 309 Å². The maximum Gasteiger partial charge on any atom is 0.163 e. The van der Waals surface area contributed by atoms with Gasteiger partial charge in [0.15, 0.2) is 11.6 Å². The smallest absolute Gasteiger partial charge is 0.163 e. The van der Waals surface area contributed by atoms with Gasteiger partial charge in [-0.2, -0.15) is 0 Å². The van der Waals surface area contributed by atoms with Crippen LogP contribution in [0.25, 0.3) is 113 Å². The van der Waals surface area contributed by atoms with E-state index in [1.807, 2.05) is 0 Å². The molecule has 9 aliphatic carbocycles. The highest BCUT2D eigenvalue weighted by atomic mass is 15.0. The van der Waals surface area contributed by atoms with Gasteiger partial charge in [0, 0.05) is 50.8 Å². The van der Waals surface area contributed by atoms with Crippen molar-refractivity contribution in [3.8, 4) is 89.8 Å². The fraction of sp³-hybridized carbons (Fsp3) is 0.190. The van der Waals surface area contributed by atoms with Crippen molar-refractivity contribution < 1.29 is 0 Å². The summed E-state index contributed by atoms with van der Waals surface area (Å²) in [4.78, 5) is 27.0. The van der Waals surface area contributed by atoms with Crippen LogP contribution in [0.3, 0.4) is 0 Å². The number of nitrogens with zero attached hydrogens (tertiary/aromatic N) is 5. The normalized spacial score (nSPS) is 21.9. The summed E-state index contributed by atoms with van der Waals surface area (Å²) in [5.74, 6) is 4.14. The summed E-state index contributed by atoms with van der Waals surface area (Å²) in [6.07, 6.45) is 33.9. The SMILES string of the molecule is CC1C=CC=C(c2ccc(-c3cc(-c4ccc5c(c4)C4(C6=C(C=CCC6)c6ccccc64)C4=C5C=CC(c5ccc6c(c5)C(C)(C)c5cc(-c7ccc(-c8nc(-c9ccc(-c%10ccc%11c(c%10)C(C)(C)c%10ccccc%10-%11)cc9)nc(C9C=CC=CC9C)n8)cc7)ccc5-6)C4)nc(C4C=Cc5ccccc5C4C)n3)cc2)C1. The monoisotopic (exact) mass is 1420 g/mol. The molecule has 7 atom stereocenters. The standard InChI is InChI=1S/C105H85N5/c1-62-19-18-22-72(55-62)65-31-37-69(38-32-65)97-61-98(107-102(106-97)80-49-43-68-21-9-11-24-79(68)64(80)3)77-48-54-88-87-53-47-76(59-95(87)105(96(88)60-77)90-29-16-13-26-82(90)83-27-14-17-30-91(83)105)75-46-52-86-85-51-45-74(57-93(85)104(6,7)94(86)58-75)67-35-41-71(42-36-67)100-108-99(109-101(110-100)78-23-10-8-20-63(78)2)70-39-33-66(34-40-70)73-44-50-84-81-25-12-15-28-89(81)103(4,5)92(84)56-73/h8-16,18-29,31-54,56-58,60-64,76,78,80H,17,30,55,59H2,1-7H3. The van der Waals surface area contributed by atoms with Gasteiger partial charge in [0.25, 0.3) is 0 Å². The molecule has 7 unspecified atom stereocenters. The van der Waals surface area contributed by atoms with Gasteiger partial charge in [-0.25, -0.2) is 24.9 Å². The van der Waals surface area contributed by atoms with Crippen molar-refractivity contribution in [3.05, 3.63) is 387 Å². The molecule has 0 radical (unpaired) electrons. The molecule has 21 rings (SSSR count). The quantitative estimate of drug-likeness (QED) is 0.137. The van der Waals surface area contributed by atoms with Crippen molar-refractivity contribution in [1.29, 1.82) is 0 Å². The van der Waals surface area contributed by atoms with Crippen LogP contribution in [0.4, 0.5) is 0 Å². The van der Waals surface area contributed by atoms with Crippen LogP contribution in [-0.4, -0.2) is 24.9 Å². The second-order valence-corrected chi connectivity index (χ2v) is 33.4. The lowest BCUT2D eigenvalue weighted by Crippen LogP contribution is -2.30. The average molecular weight is 1420 g/mol. The molecule has 12 aromatic rings. The molecule has 1 spiro atoms. The summed E-state index contributed by atoms with van der Waals surface area (Å²) in [6.45, 7) is 16.4. The van der Waals surface area contributed by atoms with Crippen LogP contribution in [0.5, 0.6) is 0 Å². The molecule has 0 fully saturated rings. The Labute approximate surface area is 646 Å². The van der Waals surface area contributed by atoms with Crippen molar-refractivity contribution in [2.45, 2.75) is 114 Å². The molecular weight excluding hydrogens is 1330 g/mol. The predicted molar refractivity (Wildman–Crippen MR) is 453 cm³/mol. The second kappa shape index (κ2) is 25.3. The number of benzene rings is 10. The summed E-state index contributed by atoms with van der Waals surface area (Å²) >= 11 is 0. The number of aromatic nitrogens is 5. The highest BCUT2D eigenvalue weighted by Crippen LogP contribution is 2.66. The van der Waals surface area contributed by atoms with Crippen molar-refractivity contribution in [2.75, 3.05) is 0 Å². The predicted octanol–water partition coefficient (Wildman–Crippen LogP) is 25.9. The van der Waals surface area contributed by atoms with E-state index in [4.69, 9.17) is 24.9 Å². The van der Waals surface area contributed by atoms with E-state index in [0.29, 0.717) is 17.6 Å². The zero-order valence-electron chi connectivity index (χ0n) is 63.4. The molecule has 5 nitrogen and oxygen atoms in total. The number of hydrogen-bond donors (Lipinski definition) is 0. The van der Waals surface area contributed by atoms with E-state index in [0.717, 1.165) is 76.5 Å². The molecule has 0 N–H and O–H groups in total. The van der Waals surface area contributed by atoms with Crippen molar-refractivity contribution in [2.24, 2.45) is 11.8 Å². The number of fused-ring (bicyclic) bond motifs is 15. The van der Waals surface area contributed by atoms with Gasteiger partial charge in [-0.3, -0.25) is 0 Å². The fourth-order valence-electron chi connectivity index (χ4n) is 20.4. The Morgan fingerprint density at radius 2 is 0.909 bits per heavy atom. The van der Waals surface area contributed by atoms with E-state index in [-0.39, 0.29) is 40.4 Å². The molecule has 0 bridgehead atoms. The molecule has 2 heterocycles. The lowest BCUT2D eigenvalue weighted by atomic mass is 9.64. The van der Waals surface area contributed by atoms with Crippen LogP contribution in [0, 0.1) is 11.8 Å². The summed E-state index contributed by atoms with van der Waals surface area (Å²) < 4.78 is 0. The van der Waals surface area contributed by atoms with Gasteiger partial charge in [0.05, 0.1) is 16.8 Å². The Balaban J connectivity index is 0.587. The summed E-state index contributed by atoms with van der Waals surface area (Å²) in [5, 5.41) is 0. The molecule has 9 aliphatic rings. The van der Waals surface area contributed by atoms with Crippen LogP contribution in [-0.2, 0) is 16.2 Å². The Morgan fingerprint density at radius 1 is 0.364 bits per heavy atom. The topological polar surface area (TPSA) is 64.5 Å². The lowest BCUT2D eigenvalue weighted by Gasteiger charge is -2.37. The number of allylic oxidation sites excluding steroid dienone is 17. The Morgan fingerprint density at radius 3 is 1.63 bits per heavy atom. The minimum Gasteiger partial charge on any atom is -0.232 e. The first kappa shape index (κ1) is 66.2. The first-order valence-electron chi connectivity index (χ1n) is 39.8. The van der Waals surface area contributed by atoms with Gasteiger partial charge < -0.3 is 0 Å². The summed E-state index contributed by atoms with van der Waals surface area (Å²) in [5.41, 5.74) is 38.7. The van der Waals surface area contributed by atoms with Crippen molar-refractivity contribution in [1.82, 2.24) is 24.9 Å². The van der Waals surface area contributed by atoms with E-state index in [9.17, 15) is 0 Å².